The van der Waals surface area contributed by atoms with Crippen molar-refractivity contribution < 1.29 is 17.9 Å². The number of carbonyl (C=O) groups excluding carboxylic acids is 1. The van der Waals surface area contributed by atoms with E-state index in [1.807, 2.05) is 0 Å². The number of aromatic nitrogens is 2. The van der Waals surface area contributed by atoms with E-state index in [9.17, 15) is 13.2 Å². The van der Waals surface area contributed by atoms with Crippen LogP contribution in [-0.2, 0) is 14.6 Å². The molecular formula is C14H23N3O4S. The Morgan fingerprint density at radius 2 is 1.73 bits per heavy atom. The molecule has 1 amide bonds. The van der Waals surface area contributed by atoms with Crippen LogP contribution in [0.5, 0.6) is 0 Å². The van der Waals surface area contributed by atoms with E-state index in [0.29, 0.717) is 0 Å². The highest BCUT2D eigenvalue weighted by molar-refractivity contribution is 7.91. The molecule has 1 aromatic rings. The average Bonchev–Trinajstić information content (AvgIpc) is 2.34. The van der Waals surface area contributed by atoms with Gasteiger partial charge in [0.25, 0.3) is 0 Å². The number of hydrogen-bond acceptors (Lipinski definition) is 6. The third-order valence-corrected chi connectivity index (χ3v) is 4.44. The zero-order chi connectivity index (χ0) is 17.0. The molecule has 8 heteroatoms. The Labute approximate surface area is 131 Å². The summed E-state index contributed by atoms with van der Waals surface area (Å²) in [6.45, 7) is 8.92. The first-order valence-corrected chi connectivity index (χ1v) is 8.53. The van der Waals surface area contributed by atoms with E-state index in [0.717, 1.165) is 0 Å². The van der Waals surface area contributed by atoms with Gasteiger partial charge in [-0.1, -0.05) is 13.8 Å². The maximum absolute atomic E-state index is 12.3. The minimum absolute atomic E-state index is 0.161. The van der Waals surface area contributed by atoms with E-state index in [1.165, 1.54) is 12.4 Å². The van der Waals surface area contributed by atoms with Gasteiger partial charge in [0.1, 0.15) is 5.60 Å². The molecular weight excluding hydrogens is 306 g/mol. The number of hydrogen-bond donors (Lipinski definition) is 1. The van der Waals surface area contributed by atoms with Crippen LogP contribution in [-0.4, -0.2) is 42.4 Å². The summed E-state index contributed by atoms with van der Waals surface area (Å²) in [5.41, 5.74) is -1.28. The summed E-state index contributed by atoms with van der Waals surface area (Å²) in [7, 11) is -3.62. The Balaban J connectivity index is 2.66. The Morgan fingerprint density at radius 1 is 1.18 bits per heavy atom. The molecule has 0 aliphatic rings. The molecule has 0 unspecified atom stereocenters. The Hall–Kier alpha value is -1.70. The van der Waals surface area contributed by atoms with Crippen LogP contribution in [0.2, 0.25) is 0 Å². The van der Waals surface area contributed by atoms with E-state index in [-0.39, 0.29) is 17.5 Å². The molecule has 0 atom stereocenters. The zero-order valence-electron chi connectivity index (χ0n) is 13.6. The summed E-state index contributed by atoms with van der Waals surface area (Å²) in [5, 5.41) is 2.38. The standard InChI is InChI=1S/C14H23N3O4S/c1-13(2,3)21-12(18)17-9-14(4,5)10-22(19,20)11-15-7-6-8-16-11/h6-8H,9-10H2,1-5H3,(H,17,18). The SMILES string of the molecule is CC(C)(CNC(=O)OC(C)(C)C)CS(=O)(=O)c1ncccn1. The quantitative estimate of drug-likeness (QED) is 0.827. The van der Waals surface area contributed by atoms with Gasteiger partial charge in [0.2, 0.25) is 15.0 Å². The molecule has 1 rings (SSSR count). The number of carbonyl (C=O) groups is 1. The van der Waals surface area contributed by atoms with Gasteiger partial charge in [0.05, 0.1) is 5.75 Å². The summed E-state index contributed by atoms with van der Waals surface area (Å²) >= 11 is 0. The minimum atomic E-state index is -3.62. The van der Waals surface area contributed by atoms with Crippen LogP contribution < -0.4 is 5.32 Å². The van der Waals surface area contributed by atoms with E-state index >= 15 is 0 Å². The van der Waals surface area contributed by atoms with E-state index in [4.69, 9.17) is 4.74 Å². The van der Waals surface area contributed by atoms with Crippen molar-refractivity contribution >= 4 is 15.9 Å². The summed E-state index contributed by atoms with van der Waals surface area (Å²) < 4.78 is 29.6. The van der Waals surface area contributed by atoms with Crippen LogP contribution >= 0.6 is 0 Å². The number of ether oxygens (including phenoxy) is 1. The van der Waals surface area contributed by atoms with Gasteiger partial charge in [0, 0.05) is 18.9 Å². The Bertz CT molecular complexity index is 607. The zero-order valence-corrected chi connectivity index (χ0v) is 14.4. The van der Waals surface area contributed by atoms with Crippen LogP contribution in [0.15, 0.2) is 23.6 Å². The lowest BCUT2D eigenvalue weighted by Gasteiger charge is -2.26. The lowest BCUT2D eigenvalue weighted by molar-refractivity contribution is 0.0510. The molecule has 0 saturated heterocycles. The maximum atomic E-state index is 12.3. The van der Waals surface area contributed by atoms with Crippen molar-refractivity contribution in [2.24, 2.45) is 5.41 Å². The summed E-state index contributed by atoms with van der Waals surface area (Å²) in [4.78, 5) is 19.2. The van der Waals surface area contributed by atoms with Crippen LogP contribution in [0.1, 0.15) is 34.6 Å². The first-order valence-electron chi connectivity index (χ1n) is 6.88. The number of rotatable bonds is 5. The number of nitrogens with zero attached hydrogens (tertiary/aromatic N) is 2. The van der Waals surface area contributed by atoms with Gasteiger partial charge in [-0.15, -0.1) is 0 Å². The lowest BCUT2D eigenvalue weighted by atomic mass is 9.97. The molecule has 0 aromatic carbocycles. The van der Waals surface area contributed by atoms with Crippen LogP contribution in [0, 0.1) is 5.41 Å². The highest BCUT2D eigenvalue weighted by atomic mass is 32.2. The smallest absolute Gasteiger partial charge is 0.407 e. The second kappa shape index (κ2) is 6.60. The topological polar surface area (TPSA) is 98.2 Å². The highest BCUT2D eigenvalue weighted by Crippen LogP contribution is 2.20. The van der Waals surface area contributed by atoms with E-state index < -0.39 is 26.9 Å². The third-order valence-electron chi connectivity index (χ3n) is 2.51. The van der Waals surface area contributed by atoms with Crippen molar-refractivity contribution in [2.45, 2.75) is 45.4 Å². The van der Waals surface area contributed by atoms with Gasteiger partial charge < -0.3 is 10.1 Å². The Kier molecular flexibility index (Phi) is 5.50. The fourth-order valence-corrected chi connectivity index (χ4v) is 3.40. The van der Waals surface area contributed by atoms with Crippen molar-refractivity contribution in [3.05, 3.63) is 18.5 Å². The largest absolute Gasteiger partial charge is 0.444 e. The number of alkyl carbamates (subject to hydrolysis) is 1. The minimum Gasteiger partial charge on any atom is -0.444 e. The molecule has 1 heterocycles. The normalized spacial score (nSPS) is 12.8. The number of amides is 1. The highest BCUT2D eigenvalue weighted by Gasteiger charge is 2.30. The molecule has 0 bridgehead atoms. The summed E-state index contributed by atoms with van der Waals surface area (Å²) in [5.74, 6) is -0.181. The average molecular weight is 329 g/mol. The van der Waals surface area contributed by atoms with Crippen molar-refractivity contribution in [3.8, 4) is 0 Å². The molecule has 124 valence electrons. The lowest BCUT2D eigenvalue weighted by Crippen LogP contribution is -2.40. The van der Waals surface area contributed by atoms with E-state index in [1.54, 1.807) is 40.7 Å². The van der Waals surface area contributed by atoms with Crippen LogP contribution in [0.3, 0.4) is 0 Å². The van der Waals surface area contributed by atoms with Gasteiger partial charge in [-0.05, 0) is 32.3 Å². The molecule has 1 aromatic heterocycles. The first-order chi connectivity index (χ1) is 9.91. The maximum Gasteiger partial charge on any atom is 0.407 e. The first kappa shape index (κ1) is 18.3. The predicted octanol–water partition coefficient (Wildman–Crippen LogP) is 1.80. The molecule has 1 N–H and O–H groups in total. The monoisotopic (exact) mass is 329 g/mol. The van der Waals surface area contributed by atoms with Crippen LogP contribution in [0.4, 0.5) is 4.79 Å². The molecule has 0 radical (unpaired) electrons. The predicted molar refractivity (Wildman–Crippen MR) is 82.1 cm³/mol. The molecule has 0 spiro atoms. The van der Waals surface area contributed by atoms with Gasteiger partial charge >= 0.3 is 6.09 Å². The fraction of sp³-hybridized carbons (Fsp3) is 0.643. The van der Waals surface area contributed by atoms with Crippen molar-refractivity contribution in [3.63, 3.8) is 0 Å². The molecule has 0 aliphatic carbocycles. The van der Waals surface area contributed by atoms with Crippen molar-refractivity contribution in [1.82, 2.24) is 15.3 Å². The molecule has 0 saturated carbocycles. The number of nitrogens with one attached hydrogen (secondary N) is 1. The molecule has 0 aliphatic heterocycles. The van der Waals surface area contributed by atoms with Crippen molar-refractivity contribution in [2.75, 3.05) is 12.3 Å². The molecule has 22 heavy (non-hydrogen) atoms. The third kappa shape index (κ3) is 6.38. The second-order valence-electron chi connectivity index (χ2n) is 6.81. The van der Waals surface area contributed by atoms with E-state index in [2.05, 4.69) is 15.3 Å². The summed E-state index contributed by atoms with van der Waals surface area (Å²) in [6.07, 6.45) is 2.19. The summed E-state index contributed by atoms with van der Waals surface area (Å²) in [6, 6.07) is 1.55. The van der Waals surface area contributed by atoms with Crippen LogP contribution in [0.25, 0.3) is 0 Å². The fourth-order valence-electron chi connectivity index (χ4n) is 1.70. The van der Waals surface area contributed by atoms with Gasteiger partial charge in [-0.2, -0.15) is 0 Å². The number of sulfone groups is 1. The second-order valence-corrected chi connectivity index (χ2v) is 8.69. The van der Waals surface area contributed by atoms with Gasteiger partial charge in [0.15, 0.2) is 0 Å². The van der Waals surface area contributed by atoms with Crippen molar-refractivity contribution in [1.29, 1.82) is 0 Å². The molecule has 7 nitrogen and oxygen atoms in total. The Morgan fingerprint density at radius 3 is 2.23 bits per heavy atom. The molecule has 0 fully saturated rings. The van der Waals surface area contributed by atoms with Gasteiger partial charge in [-0.25, -0.2) is 23.2 Å². The van der Waals surface area contributed by atoms with Gasteiger partial charge in [-0.3, -0.25) is 0 Å².